The molecular weight excluding hydrogens is 150 g/mol. The molecule has 0 aromatic carbocycles. The number of anilines is 1. The first-order chi connectivity index (χ1) is 5.77. The van der Waals surface area contributed by atoms with E-state index < -0.39 is 0 Å². The molecule has 1 aromatic rings. The molecule has 0 fully saturated rings. The van der Waals surface area contributed by atoms with Crippen LogP contribution in [-0.2, 0) is 6.42 Å². The second-order valence-corrected chi connectivity index (χ2v) is 2.53. The lowest BCUT2D eigenvalue weighted by Crippen LogP contribution is -2.01. The van der Waals surface area contributed by atoms with E-state index in [4.69, 9.17) is 0 Å². The van der Waals surface area contributed by atoms with E-state index in [1.165, 1.54) is 0 Å². The van der Waals surface area contributed by atoms with Crippen molar-refractivity contribution in [1.29, 1.82) is 0 Å². The summed E-state index contributed by atoms with van der Waals surface area (Å²) in [6.45, 7) is 5.54. The molecule has 0 atom stereocenters. The third-order valence-electron chi connectivity index (χ3n) is 1.59. The smallest absolute Gasteiger partial charge is 0.132 e. The Labute approximate surface area is 72.6 Å². The van der Waals surface area contributed by atoms with Crippen LogP contribution in [0, 0.1) is 6.92 Å². The zero-order valence-corrected chi connectivity index (χ0v) is 7.46. The van der Waals surface area contributed by atoms with E-state index in [0.29, 0.717) is 0 Å². The van der Waals surface area contributed by atoms with E-state index in [1.807, 2.05) is 26.2 Å². The number of nitrogens with one attached hydrogen (secondary N) is 1. The summed E-state index contributed by atoms with van der Waals surface area (Å²) >= 11 is 0. The first-order valence-electron chi connectivity index (χ1n) is 3.89. The van der Waals surface area contributed by atoms with Crippen molar-refractivity contribution in [2.45, 2.75) is 13.3 Å². The van der Waals surface area contributed by atoms with Gasteiger partial charge in [-0.15, -0.1) is 6.58 Å². The number of allylic oxidation sites excluding steroid dienone is 1. The first kappa shape index (κ1) is 8.71. The maximum Gasteiger partial charge on any atom is 0.132 e. The van der Waals surface area contributed by atoms with Crippen LogP contribution in [0.4, 0.5) is 5.82 Å². The van der Waals surface area contributed by atoms with Crippen LogP contribution in [0.3, 0.4) is 0 Å². The fraction of sp³-hybridized carbons (Fsp3) is 0.333. The second-order valence-electron chi connectivity index (χ2n) is 2.53. The topological polar surface area (TPSA) is 37.8 Å². The molecule has 0 spiro atoms. The monoisotopic (exact) mass is 163 g/mol. The Morgan fingerprint density at radius 1 is 1.67 bits per heavy atom. The molecule has 3 heteroatoms. The molecule has 0 saturated carbocycles. The van der Waals surface area contributed by atoms with Crippen molar-refractivity contribution in [3.8, 4) is 0 Å². The van der Waals surface area contributed by atoms with Gasteiger partial charge in [-0.2, -0.15) is 0 Å². The van der Waals surface area contributed by atoms with Gasteiger partial charge in [0.15, 0.2) is 0 Å². The predicted octanol–water partition coefficient (Wildman–Crippen LogP) is 1.56. The predicted molar refractivity (Wildman–Crippen MR) is 50.2 cm³/mol. The van der Waals surface area contributed by atoms with Gasteiger partial charge in [0.1, 0.15) is 11.6 Å². The fourth-order valence-corrected chi connectivity index (χ4v) is 1.02. The molecule has 1 N–H and O–H groups in total. The van der Waals surface area contributed by atoms with Gasteiger partial charge < -0.3 is 5.32 Å². The van der Waals surface area contributed by atoms with Crippen molar-refractivity contribution in [1.82, 2.24) is 9.97 Å². The van der Waals surface area contributed by atoms with E-state index in [0.717, 1.165) is 23.6 Å². The van der Waals surface area contributed by atoms with E-state index in [2.05, 4.69) is 21.9 Å². The molecule has 0 saturated heterocycles. The Bertz CT molecular complexity index is 281. The Morgan fingerprint density at radius 3 is 3.00 bits per heavy atom. The highest BCUT2D eigenvalue weighted by Crippen LogP contribution is 2.11. The normalized spacial score (nSPS) is 9.50. The van der Waals surface area contributed by atoms with Crippen LogP contribution >= 0.6 is 0 Å². The Balaban J connectivity index is 3.01. The van der Waals surface area contributed by atoms with Crippen molar-refractivity contribution in [3.05, 3.63) is 30.2 Å². The SMILES string of the molecule is C=CCc1cnc(C)nc1NC. The Kier molecular flexibility index (Phi) is 2.80. The molecule has 3 nitrogen and oxygen atoms in total. The molecule has 0 aliphatic rings. The van der Waals surface area contributed by atoms with Gasteiger partial charge in [-0.25, -0.2) is 9.97 Å². The molecule has 64 valence electrons. The molecule has 0 aliphatic carbocycles. The van der Waals surface area contributed by atoms with Crippen LogP contribution in [0.25, 0.3) is 0 Å². The second kappa shape index (κ2) is 3.85. The van der Waals surface area contributed by atoms with Crippen LogP contribution in [0.15, 0.2) is 18.9 Å². The summed E-state index contributed by atoms with van der Waals surface area (Å²) in [5.74, 6) is 1.68. The zero-order chi connectivity index (χ0) is 8.97. The van der Waals surface area contributed by atoms with Gasteiger partial charge in [-0.1, -0.05) is 6.08 Å². The van der Waals surface area contributed by atoms with Crippen molar-refractivity contribution in [3.63, 3.8) is 0 Å². The van der Waals surface area contributed by atoms with Gasteiger partial charge in [0.25, 0.3) is 0 Å². The van der Waals surface area contributed by atoms with E-state index in [-0.39, 0.29) is 0 Å². The maximum absolute atomic E-state index is 4.24. The molecule has 0 unspecified atom stereocenters. The van der Waals surface area contributed by atoms with Crippen molar-refractivity contribution in [2.24, 2.45) is 0 Å². The van der Waals surface area contributed by atoms with E-state index in [9.17, 15) is 0 Å². The van der Waals surface area contributed by atoms with Gasteiger partial charge in [-0.3, -0.25) is 0 Å². The molecule has 1 aromatic heterocycles. The third-order valence-corrected chi connectivity index (χ3v) is 1.59. The summed E-state index contributed by atoms with van der Waals surface area (Å²) in [6, 6.07) is 0. The Hall–Kier alpha value is -1.38. The lowest BCUT2D eigenvalue weighted by atomic mass is 10.2. The molecule has 12 heavy (non-hydrogen) atoms. The summed E-state index contributed by atoms with van der Waals surface area (Å²) in [6.07, 6.45) is 4.47. The average molecular weight is 163 g/mol. The van der Waals surface area contributed by atoms with Crippen molar-refractivity contribution < 1.29 is 0 Å². The average Bonchev–Trinajstić information content (AvgIpc) is 2.08. The summed E-state index contributed by atoms with van der Waals surface area (Å²) in [7, 11) is 1.86. The molecule has 0 amide bonds. The van der Waals surface area contributed by atoms with Crippen molar-refractivity contribution in [2.75, 3.05) is 12.4 Å². The highest BCUT2D eigenvalue weighted by molar-refractivity contribution is 5.43. The molecular formula is C9H13N3. The van der Waals surface area contributed by atoms with Crippen LogP contribution in [0.5, 0.6) is 0 Å². The standard InChI is InChI=1S/C9H13N3/c1-4-5-8-6-11-7(2)12-9(8)10-3/h4,6H,1,5H2,2-3H3,(H,10,11,12). The van der Waals surface area contributed by atoms with Crippen LogP contribution in [0.1, 0.15) is 11.4 Å². The number of hydrogen-bond donors (Lipinski definition) is 1. The van der Waals surface area contributed by atoms with Crippen molar-refractivity contribution >= 4 is 5.82 Å². The minimum absolute atomic E-state index is 0.784. The minimum atomic E-state index is 0.784. The third kappa shape index (κ3) is 1.81. The number of rotatable bonds is 3. The highest BCUT2D eigenvalue weighted by Gasteiger charge is 2.00. The summed E-state index contributed by atoms with van der Waals surface area (Å²) in [4.78, 5) is 8.35. The zero-order valence-electron chi connectivity index (χ0n) is 7.46. The quantitative estimate of drug-likeness (QED) is 0.687. The van der Waals surface area contributed by atoms with Crippen LogP contribution < -0.4 is 5.32 Å². The maximum atomic E-state index is 4.24. The Morgan fingerprint density at radius 2 is 2.42 bits per heavy atom. The number of nitrogens with zero attached hydrogens (tertiary/aromatic N) is 2. The molecule has 1 heterocycles. The van der Waals surface area contributed by atoms with E-state index in [1.54, 1.807) is 0 Å². The minimum Gasteiger partial charge on any atom is -0.373 e. The van der Waals surface area contributed by atoms with Gasteiger partial charge in [0, 0.05) is 18.8 Å². The molecule has 0 radical (unpaired) electrons. The molecule has 0 aliphatic heterocycles. The van der Waals surface area contributed by atoms with Gasteiger partial charge in [0.2, 0.25) is 0 Å². The largest absolute Gasteiger partial charge is 0.373 e. The lowest BCUT2D eigenvalue weighted by Gasteiger charge is -2.05. The van der Waals surface area contributed by atoms with Gasteiger partial charge in [0.05, 0.1) is 0 Å². The van der Waals surface area contributed by atoms with Crippen LogP contribution in [0.2, 0.25) is 0 Å². The molecule has 0 bridgehead atoms. The number of aryl methyl sites for hydroxylation is 1. The van der Waals surface area contributed by atoms with E-state index >= 15 is 0 Å². The fourth-order valence-electron chi connectivity index (χ4n) is 1.02. The lowest BCUT2D eigenvalue weighted by molar-refractivity contribution is 1.01. The summed E-state index contributed by atoms with van der Waals surface area (Å²) in [5.41, 5.74) is 1.08. The molecule has 1 rings (SSSR count). The highest BCUT2D eigenvalue weighted by atomic mass is 15.0. The van der Waals surface area contributed by atoms with Crippen LogP contribution in [-0.4, -0.2) is 17.0 Å². The summed E-state index contributed by atoms with van der Waals surface area (Å²) < 4.78 is 0. The summed E-state index contributed by atoms with van der Waals surface area (Å²) in [5, 5.41) is 3.02. The number of aromatic nitrogens is 2. The number of hydrogen-bond acceptors (Lipinski definition) is 3. The van der Waals surface area contributed by atoms with Gasteiger partial charge in [-0.05, 0) is 13.3 Å². The van der Waals surface area contributed by atoms with Gasteiger partial charge >= 0.3 is 0 Å². The first-order valence-corrected chi connectivity index (χ1v) is 3.89.